The Balaban J connectivity index is 1.61. The lowest BCUT2D eigenvalue weighted by atomic mass is 9.86. The largest absolute Gasteiger partial charge is 0.367 e. The van der Waals surface area contributed by atoms with Crippen molar-refractivity contribution in [1.82, 2.24) is 14.8 Å². The van der Waals surface area contributed by atoms with E-state index in [1.165, 1.54) is 5.56 Å². The monoisotopic (exact) mass is 339 g/mol. The standard InChI is InChI=1S/C20H25N3O2/c1-20(2,3)17-6-4-15(5-7-17)18(24)22-10-12-23(13-11-22)19(25)16-8-9-21-14-16/h4-9,14,21H,10-13H2,1-3H3. The third-order valence-electron chi connectivity index (χ3n) is 4.70. The number of H-pyrrole nitrogens is 1. The molecule has 0 aliphatic carbocycles. The summed E-state index contributed by atoms with van der Waals surface area (Å²) in [6.07, 6.45) is 3.45. The summed E-state index contributed by atoms with van der Waals surface area (Å²) >= 11 is 0. The second kappa shape index (κ2) is 6.75. The first-order chi connectivity index (χ1) is 11.9. The predicted molar refractivity (Wildman–Crippen MR) is 97.7 cm³/mol. The smallest absolute Gasteiger partial charge is 0.255 e. The molecule has 1 aromatic carbocycles. The van der Waals surface area contributed by atoms with Gasteiger partial charge in [-0.1, -0.05) is 32.9 Å². The number of hydrogen-bond acceptors (Lipinski definition) is 2. The molecule has 2 aromatic rings. The van der Waals surface area contributed by atoms with Gasteiger partial charge in [-0.15, -0.1) is 0 Å². The summed E-state index contributed by atoms with van der Waals surface area (Å²) in [6, 6.07) is 9.63. The van der Waals surface area contributed by atoms with Crippen LogP contribution in [0.2, 0.25) is 0 Å². The van der Waals surface area contributed by atoms with Crippen molar-refractivity contribution in [2.45, 2.75) is 26.2 Å². The Morgan fingerprint density at radius 1 is 0.840 bits per heavy atom. The number of hydrogen-bond donors (Lipinski definition) is 1. The number of amides is 2. The zero-order valence-corrected chi connectivity index (χ0v) is 15.1. The van der Waals surface area contributed by atoms with Crippen LogP contribution in [0.25, 0.3) is 0 Å². The number of nitrogens with zero attached hydrogens (tertiary/aromatic N) is 2. The van der Waals surface area contributed by atoms with Crippen molar-refractivity contribution >= 4 is 11.8 Å². The van der Waals surface area contributed by atoms with Gasteiger partial charge < -0.3 is 14.8 Å². The van der Waals surface area contributed by atoms with E-state index in [9.17, 15) is 9.59 Å². The summed E-state index contributed by atoms with van der Waals surface area (Å²) in [5, 5.41) is 0. The number of aromatic nitrogens is 1. The van der Waals surface area contributed by atoms with Crippen LogP contribution in [0.15, 0.2) is 42.7 Å². The molecule has 0 atom stereocenters. The number of piperazine rings is 1. The maximum absolute atomic E-state index is 12.7. The van der Waals surface area contributed by atoms with Crippen molar-refractivity contribution in [2.75, 3.05) is 26.2 Å². The van der Waals surface area contributed by atoms with Crippen molar-refractivity contribution in [3.8, 4) is 0 Å². The summed E-state index contributed by atoms with van der Waals surface area (Å²) in [5.74, 6) is 0.0529. The van der Waals surface area contributed by atoms with Gasteiger partial charge >= 0.3 is 0 Å². The Morgan fingerprint density at radius 3 is 1.80 bits per heavy atom. The molecule has 1 N–H and O–H groups in total. The fourth-order valence-electron chi connectivity index (χ4n) is 3.05. The van der Waals surface area contributed by atoms with Crippen molar-refractivity contribution in [1.29, 1.82) is 0 Å². The summed E-state index contributed by atoms with van der Waals surface area (Å²) in [7, 11) is 0. The van der Waals surface area contributed by atoms with Crippen LogP contribution in [0.4, 0.5) is 0 Å². The second-order valence-corrected chi connectivity index (χ2v) is 7.51. The second-order valence-electron chi connectivity index (χ2n) is 7.51. The van der Waals surface area contributed by atoms with Gasteiger partial charge in [0.15, 0.2) is 0 Å². The third kappa shape index (κ3) is 3.76. The van der Waals surface area contributed by atoms with Crippen LogP contribution < -0.4 is 0 Å². The van der Waals surface area contributed by atoms with E-state index >= 15 is 0 Å². The minimum atomic E-state index is 0.0166. The van der Waals surface area contributed by atoms with E-state index in [1.54, 1.807) is 23.4 Å². The predicted octanol–water partition coefficient (Wildman–Crippen LogP) is 2.91. The number of carbonyl (C=O) groups is 2. The Morgan fingerprint density at radius 2 is 1.36 bits per heavy atom. The molecule has 1 aliphatic heterocycles. The highest BCUT2D eigenvalue weighted by Crippen LogP contribution is 2.22. The third-order valence-corrected chi connectivity index (χ3v) is 4.70. The first-order valence-electron chi connectivity index (χ1n) is 8.68. The topological polar surface area (TPSA) is 56.4 Å². The van der Waals surface area contributed by atoms with Gasteiger partial charge in [-0.2, -0.15) is 0 Å². The molecule has 0 unspecified atom stereocenters. The van der Waals surface area contributed by atoms with Crippen LogP contribution in [0, 0.1) is 0 Å². The summed E-state index contributed by atoms with van der Waals surface area (Å²) < 4.78 is 0. The fraction of sp³-hybridized carbons (Fsp3) is 0.400. The number of rotatable bonds is 2. The van der Waals surface area contributed by atoms with Crippen molar-refractivity contribution in [3.63, 3.8) is 0 Å². The number of benzene rings is 1. The number of aromatic amines is 1. The SMILES string of the molecule is CC(C)(C)c1ccc(C(=O)N2CCN(C(=O)c3cc[nH]c3)CC2)cc1. The Hall–Kier alpha value is -2.56. The molecule has 3 rings (SSSR count). The van der Waals surface area contributed by atoms with Gasteiger partial charge in [0, 0.05) is 44.1 Å². The average molecular weight is 339 g/mol. The van der Waals surface area contributed by atoms with E-state index in [1.807, 2.05) is 29.2 Å². The van der Waals surface area contributed by atoms with E-state index in [4.69, 9.17) is 0 Å². The maximum atomic E-state index is 12.7. The highest BCUT2D eigenvalue weighted by atomic mass is 16.2. The summed E-state index contributed by atoms with van der Waals surface area (Å²) in [5.41, 5.74) is 2.66. The molecule has 0 bridgehead atoms. The van der Waals surface area contributed by atoms with Crippen LogP contribution in [0.3, 0.4) is 0 Å². The van der Waals surface area contributed by atoms with Gasteiger partial charge in [0.2, 0.25) is 0 Å². The summed E-state index contributed by atoms with van der Waals surface area (Å²) in [4.78, 5) is 31.6. The molecule has 1 saturated heterocycles. The normalized spacial score (nSPS) is 15.3. The molecular formula is C20H25N3O2. The van der Waals surface area contributed by atoms with Crippen molar-refractivity contribution in [3.05, 3.63) is 59.4 Å². The molecule has 1 fully saturated rings. The van der Waals surface area contributed by atoms with E-state index in [0.717, 1.165) is 0 Å². The molecule has 1 aliphatic rings. The quantitative estimate of drug-likeness (QED) is 0.915. The minimum Gasteiger partial charge on any atom is -0.367 e. The molecule has 132 valence electrons. The maximum Gasteiger partial charge on any atom is 0.255 e. The molecule has 0 spiro atoms. The first-order valence-corrected chi connectivity index (χ1v) is 8.68. The highest BCUT2D eigenvalue weighted by molar-refractivity contribution is 5.96. The highest BCUT2D eigenvalue weighted by Gasteiger charge is 2.26. The molecule has 0 saturated carbocycles. The summed E-state index contributed by atoms with van der Waals surface area (Å²) in [6.45, 7) is 8.73. The molecule has 25 heavy (non-hydrogen) atoms. The molecule has 5 heteroatoms. The van der Waals surface area contributed by atoms with E-state index < -0.39 is 0 Å². The average Bonchev–Trinajstić information content (AvgIpc) is 3.14. The van der Waals surface area contributed by atoms with Crippen LogP contribution in [0.5, 0.6) is 0 Å². The lowest BCUT2D eigenvalue weighted by molar-refractivity contribution is 0.0535. The Labute approximate surface area is 148 Å². The van der Waals surface area contributed by atoms with Crippen LogP contribution >= 0.6 is 0 Å². The van der Waals surface area contributed by atoms with Crippen LogP contribution in [-0.4, -0.2) is 52.8 Å². The van der Waals surface area contributed by atoms with Gasteiger partial charge in [-0.05, 0) is 29.2 Å². The van der Waals surface area contributed by atoms with Gasteiger partial charge in [-0.3, -0.25) is 9.59 Å². The number of carbonyl (C=O) groups excluding carboxylic acids is 2. The van der Waals surface area contributed by atoms with E-state index in [-0.39, 0.29) is 17.2 Å². The minimum absolute atomic E-state index is 0.0166. The molecule has 5 nitrogen and oxygen atoms in total. The Bertz CT molecular complexity index is 734. The van der Waals surface area contributed by atoms with Gasteiger partial charge in [-0.25, -0.2) is 0 Å². The zero-order valence-electron chi connectivity index (χ0n) is 15.1. The van der Waals surface area contributed by atoms with Gasteiger partial charge in [0.05, 0.1) is 5.56 Å². The molecule has 2 heterocycles. The van der Waals surface area contributed by atoms with Gasteiger partial charge in [0.25, 0.3) is 11.8 Å². The Kier molecular flexibility index (Phi) is 4.66. The molecule has 2 amide bonds. The van der Waals surface area contributed by atoms with E-state index in [2.05, 4.69) is 25.8 Å². The first kappa shape index (κ1) is 17.3. The lowest BCUT2D eigenvalue weighted by Gasteiger charge is -2.34. The van der Waals surface area contributed by atoms with E-state index in [0.29, 0.717) is 37.3 Å². The number of nitrogens with one attached hydrogen (secondary N) is 1. The van der Waals surface area contributed by atoms with Crippen LogP contribution in [0.1, 0.15) is 47.1 Å². The van der Waals surface area contributed by atoms with Gasteiger partial charge in [0.1, 0.15) is 0 Å². The fourth-order valence-corrected chi connectivity index (χ4v) is 3.05. The van der Waals surface area contributed by atoms with Crippen molar-refractivity contribution in [2.24, 2.45) is 0 Å². The molecular weight excluding hydrogens is 314 g/mol. The van der Waals surface area contributed by atoms with Crippen LogP contribution in [-0.2, 0) is 5.41 Å². The molecule has 0 radical (unpaired) electrons. The van der Waals surface area contributed by atoms with Crippen molar-refractivity contribution < 1.29 is 9.59 Å². The zero-order chi connectivity index (χ0) is 18.0. The molecule has 1 aromatic heterocycles. The lowest BCUT2D eigenvalue weighted by Crippen LogP contribution is -2.50.